The third-order valence-corrected chi connectivity index (χ3v) is 5.60. The Morgan fingerprint density at radius 3 is 2.97 bits per heavy atom. The Hall–Kier alpha value is -2.79. The molecule has 1 atom stereocenters. The van der Waals surface area contributed by atoms with Crippen LogP contribution in [0.1, 0.15) is 25.7 Å². The molecule has 1 aliphatic rings. The van der Waals surface area contributed by atoms with Gasteiger partial charge in [0, 0.05) is 19.6 Å². The number of amides is 2. The van der Waals surface area contributed by atoms with Crippen LogP contribution in [0.2, 0.25) is 0 Å². The molecule has 10 nitrogen and oxygen atoms in total. The molecule has 162 valence electrons. The van der Waals surface area contributed by atoms with Gasteiger partial charge < -0.3 is 19.4 Å². The number of aromatic nitrogens is 2. The largest absolute Gasteiger partial charge is 0.469 e. The third kappa shape index (κ3) is 5.42. The van der Waals surface area contributed by atoms with Crippen LogP contribution in [0.25, 0.3) is 10.8 Å². The van der Waals surface area contributed by atoms with Crippen LogP contribution in [0.5, 0.6) is 0 Å². The first-order chi connectivity index (χ1) is 14.5. The summed E-state index contributed by atoms with van der Waals surface area (Å²) in [5.41, 5.74) is 0. The highest BCUT2D eigenvalue weighted by molar-refractivity contribution is 7.13. The maximum Gasteiger partial charge on any atom is 0.307 e. The zero-order valence-corrected chi connectivity index (χ0v) is 17.8. The van der Waals surface area contributed by atoms with Crippen molar-refractivity contribution >= 4 is 29.1 Å². The number of nitrogens with one attached hydrogen (secondary N) is 1. The van der Waals surface area contributed by atoms with E-state index in [-0.39, 0.29) is 31.3 Å². The molecule has 2 aromatic heterocycles. The van der Waals surface area contributed by atoms with Crippen LogP contribution in [0, 0.1) is 0 Å². The molecule has 3 rings (SSSR count). The summed E-state index contributed by atoms with van der Waals surface area (Å²) in [5, 5.41) is 12.8. The highest BCUT2D eigenvalue weighted by Gasteiger charge is 2.34. The number of methoxy groups -OCH3 is 1. The Balaban J connectivity index is 1.67. The van der Waals surface area contributed by atoms with Crippen LogP contribution in [-0.2, 0) is 25.7 Å². The van der Waals surface area contributed by atoms with Gasteiger partial charge >= 0.3 is 5.97 Å². The van der Waals surface area contributed by atoms with Crippen molar-refractivity contribution in [2.75, 3.05) is 33.3 Å². The van der Waals surface area contributed by atoms with Gasteiger partial charge in [0.25, 0.3) is 5.89 Å². The molecule has 0 aliphatic carbocycles. The zero-order valence-electron chi connectivity index (χ0n) is 17.0. The van der Waals surface area contributed by atoms with E-state index < -0.39 is 12.0 Å². The summed E-state index contributed by atoms with van der Waals surface area (Å²) in [6.07, 6.45) is 0.654. The number of thiophene rings is 1. The molecule has 1 unspecified atom stereocenters. The minimum Gasteiger partial charge on any atom is -0.469 e. The Kier molecular flexibility index (Phi) is 7.52. The Bertz CT molecular complexity index is 869. The topological polar surface area (TPSA) is 118 Å². The van der Waals surface area contributed by atoms with E-state index in [1.54, 1.807) is 9.80 Å². The van der Waals surface area contributed by atoms with Crippen LogP contribution >= 0.6 is 11.3 Å². The predicted octanol–water partition coefficient (Wildman–Crippen LogP) is 0.900. The number of carbonyl (C=O) groups excluding carboxylic acids is 3. The van der Waals surface area contributed by atoms with Crippen molar-refractivity contribution in [1.82, 2.24) is 25.3 Å². The van der Waals surface area contributed by atoms with E-state index in [4.69, 9.17) is 4.42 Å². The molecule has 0 bridgehead atoms. The molecule has 1 saturated heterocycles. The molecular formula is C19H25N5O5S. The molecule has 1 N–H and O–H groups in total. The van der Waals surface area contributed by atoms with Crippen LogP contribution in [0.3, 0.4) is 0 Å². The molecule has 3 heterocycles. The van der Waals surface area contributed by atoms with Gasteiger partial charge in [-0.3, -0.25) is 19.3 Å². The van der Waals surface area contributed by atoms with E-state index in [9.17, 15) is 14.4 Å². The second-order valence-corrected chi connectivity index (χ2v) is 7.80. The van der Waals surface area contributed by atoms with E-state index in [2.05, 4.69) is 20.3 Å². The van der Waals surface area contributed by atoms with Crippen LogP contribution < -0.4 is 5.32 Å². The molecule has 2 aromatic rings. The lowest BCUT2D eigenvalue weighted by Crippen LogP contribution is -2.58. The number of esters is 1. The van der Waals surface area contributed by atoms with E-state index in [1.165, 1.54) is 18.4 Å². The molecule has 30 heavy (non-hydrogen) atoms. The minimum atomic E-state index is -0.729. The van der Waals surface area contributed by atoms with Crippen LogP contribution in [0.15, 0.2) is 21.9 Å². The average Bonchev–Trinajstić information content (AvgIpc) is 3.42. The third-order valence-electron chi connectivity index (χ3n) is 4.74. The highest BCUT2D eigenvalue weighted by atomic mass is 32.1. The smallest absolute Gasteiger partial charge is 0.307 e. The number of nitrogens with zero attached hydrogens (tertiary/aromatic N) is 4. The van der Waals surface area contributed by atoms with Crippen molar-refractivity contribution in [2.45, 2.75) is 32.4 Å². The number of hydrogen-bond acceptors (Lipinski definition) is 9. The monoisotopic (exact) mass is 435 g/mol. The highest BCUT2D eigenvalue weighted by Crippen LogP contribution is 2.23. The van der Waals surface area contributed by atoms with Crippen molar-refractivity contribution in [3.05, 3.63) is 23.4 Å². The summed E-state index contributed by atoms with van der Waals surface area (Å²) in [6.45, 7) is 3.58. The number of piperazine rings is 1. The number of hydrogen-bond donors (Lipinski definition) is 1. The fourth-order valence-corrected chi connectivity index (χ4v) is 3.87. The van der Waals surface area contributed by atoms with Gasteiger partial charge in [-0.15, -0.1) is 21.5 Å². The van der Waals surface area contributed by atoms with Crippen molar-refractivity contribution in [3.8, 4) is 10.8 Å². The van der Waals surface area contributed by atoms with Crippen molar-refractivity contribution in [3.63, 3.8) is 0 Å². The van der Waals surface area contributed by atoms with E-state index in [0.29, 0.717) is 31.4 Å². The van der Waals surface area contributed by atoms with Gasteiger partial charge in [-0.1, -0.05) is 13.0 Å². The molecular weight excluding hydrogens is 410 g/mol. The van der Waals surface area contributed by atoms with Gasteiger partial charge in [-0.25, -0.2) is 0 Å². The SMILES string of the molecule is CCCN(Cc1nnc(-c2cccs2)o1)C(=O)CN1CCNC(=O)C1CC(=O)OC. The van der Waals surface area contributed by atoms with Gasteiger partial charge in [-0.2, -0.15) is 0 Å². The minimum absolute atomic E-state index is 0.0149. The van der Waals surface area contributed by atoms with Crippen LogP contribution in [-0.4, -0.2) is 77.1 Å². The number of ether oxygens (including phenoxy) is 1. The lowest BCUT2D eigenvalue weighted by molar-refractivity contribution is -0.147. The van der Waals surface area contributed by atoms with Crippen molar-refractivity contribution in [1.29, 1.82) is 0 Å². The lowest BCUT2D eigenvalue weighted by Gasteiger charge is -2.35. The standard InChI is InChI=1S/C19H25N5O5S/c1-3-7-24(11-15-21-22-19(29-15)14-5-4-9-30-14)16(25)12-23-8-6-20-18(27)13(23)10-17(26)28-2/h4-5,9,13H,3,6-8,10-12H2,1-2H3,(H,20,27). The Morgan fingerprint density at radius 1 is 1.43 bits per heavy atom. The molecule has 0 saturated carbocycles. The summed E-state index contributed by atoms with van der Waals surface area (Å²) in [7, 11) is 1.27. The molecule has 0 aromatic carbocycles. The summed E-state index contributed by atoms with van der Waals surface area (Å²) in [6, 6.07) is 3.06. The molecule has 11 heteroatoms. The summed E-state index contributed by atoms with van der Waals surface area (Å²) < 4.78 is 10.4. The second kappa shape index (κ2) is 10.3. The normalized spacial score (nSPS) is 16.9. The maximum atomic E-state index is 13.0. The zero-order chi connectivity index (χ0) is 21.5. The maximum absolute atomic E-state index is 13.0. The van der Waals surface area contributed by atoms with Gasteiger partial charge in [0.2, 0.25) is 17.7 Å². The van der Waals surface area contributed by atoms with E-state index >= 15 is 0 Å². The summed E-state index contributed by atoms with van der Waals surface area (Å²) in [4.78, 5) is 41.1. The molecule has 0 radical (unpaired) electrons. The average molecular weight is 436 g/mol. The molecule has 2 amide bonds. The molecule has 0 spiro atoms. The molecule has 1 aliphatic heterocycles. The Morgan fingerprint density at radius 2 is 2.27 bits per heavy atom. The van der Waals surface area contributed by atoms with Crippen molar-refractivity contribution in [2.24, 2.45) is 0 Å². The quantitative estimate of drug-likeness (QED) is 0.577. The first kappa shape index (κ1) is 21.9. The van der Waals surface area contributed by atoms with Crippen molar-refractivity contribution < 1.29 is 23.5 Å². The molecule has 1 fully saturated rings. The second-order valence-electron chi connectivity index (χ2n) is 6.85. The van der Waals surface area contributed by atoms with Gasteiger partial charge in [-0.05, 0) is 17.9 Å². The fraction of sp³-hybridized carbons (Fsp3) is 0.526. The summed E-state index contributed by atoms with van der Waals surface area (Å²) in [5.74, 6) is -0.166. The van der Waals surface area contributed by atoms with E-state index in [1.807, 2.05) is 24.4 Å². The first-order valence-corrected chi connectivity index (χ1v) is 10.6. The number of rotatable bonds is 9. The van der Waals surface area contributed by atoms with Gasteiger partial charge in [0.1, 0.15) is 6.04 Å². The summed E-state index contributed by atoms with van der Waals surface area (Å²) >= 11 is 1.50. The number of carbonyl (C=O) groups is 3. The van der Waals surface area contributed by atoms with E-state index in [0.717, 1.165) is 11.3 Å². The first-order valence-electron chi connectivity index (χ1n) is 9.74. The Labute approximate surface area is 178 Å². The van der Waals surface area contributed by atoms with Gasteiger partial charge in [0.15, 0.2) is 0 Å². The van der Waals surface area contributed by atoms with Gasteiger partial charge in [0.05, 0.1) is 31.5 Å². The predicted molar refractivity (Wildman–Crippen MR) is 108 cm³/mol. The van der Waals surface area contributed by atoms with Crippen LogP contribution in [0.4, 0.5) is 0 Å². The lowest BCUT2D eigenvalue weighted by atomic mass is 10.1. The fourth-order valence-electron chi connectivity index (χ4n) is 3.23.